The molecule has 3 aromatic carbocycles. The molecular formula is C23H24O2. The molecule has 0 radical (unpaired) electrons. The fourth-order valence-electron chi connectivity index (χ4n) is 2.84. The molecule has 3 rings (SSSR count). The minimum Gasteiger partial charge on any atom is -0.457 e. The lowest BCUT2D eigenvalue weighted by Crippen LogP contribution is -1.94. The third-order valence-electron chi connectivity index (χ3n) is 4.30. The normalized spacial score (nSPS) is 10.5. The van der Waals surface area contributed by atoms with Gasteiger partial charge in [-0.3, -0.25) is 0 Å². The van der Waals surface area contributed by atoms with Gasteiger partial charge >= 0.3 is 0 Å². The molecule has 0 saturated carbocycles. The maximum atomic E-state index is 6.13. The molecule has 0 aliphatic carbocycles. The highest BCUT2D eigenvalue weighted by molar-refractivity contribution is 5.46. The molecule has 0 fully saturated rings. The molecule has 0 unspecified atom stereocenters. The van der Waals surface area contributed by atoms with Crippen molar-refractivity contribution in [3.05, 3.63) is 83.4 Å². The molecule has 0 saturated heterocycles. The van der Waals surface area contributed by atoms with Gasteiger partial charge in [-0.05, 0) is 66.8 Å². The second-order valence-electron chi connectivity index (χ2n) is 6.05. The molecule has 25 heavy (non-hydrogen) atoms. The van der Waals surface area contributed by atoms with Crippen LogP contribution < -0.4 is 9.47 Å². The number of hydrogen-bond acceptors (Lipinski definition) is 2. The van der Waals surface area contributed by atoms with Crippen LogP contribution in [0.5, 0.6) is 23.0 Å². The number of benzene rings is 3. The van der Waals surface area contributed by atoms with Gasteiger partial charge in [0.1, 0.15) is 23.0 Å². The fraction of sp³-hybridized carbons (Fsp3) is 0.217. The average Bonchev–Trinajstić information content (AvgIpc) is 2.65. The summed E-state index contributed by atoms with van der Waals surface area (Å²) < 4.78 is 12.2. The predicted octanol–water partition coefficient (Wildman–Crippen LogP) is 6.70. The summed E-state index contributed by atoms with van der Waals surface area (Å²) in [5.74, 6) is 3.51. The molecule has 0 heterocycles. The Bertz CT molecular complexity index is 852. The van der Waals surface area contributed by atoms with Gasteiger partial charge in [-0.15, -0.1) is 0 Å². The minimum absolute atomic E-state index is 0.828. The molecule has 2 nitrogen and oxygen atoms in total. The van der Waals surface area contributed by atoms with E-state index in [9.17, 15) is 0 Å². The summed E-state index contributed by atoms with van der Waals surface area (Å²) >= 11 is 0. The lowest BCUT2D eigenvalue weighted by Gasteiger charge is -2.14. The second kappa shape index (κ2) is 7.89. The third kappa shape index (κ3) is 4.03. The van der Waals surface area contributed by atoms with Crippen molar-refractivity contribution in [2.75, 3.05) is 0 Å². The van der Waals surface area contributed by atoms with E-state index < -0.39 is 0 Å². The molecule has 0 aromatic heterocycles. The van der Waals surface area contributed by atoms with Gasteiger partial charge in [0.15, 0.2) is 0 Å². The number of aryl methyl sites for hydroxylation is 3. The van der Waals surface area contributed by atoms with E-state index in [1.807, 2.05) is 61.5 Å². The molecule has 128 valence electrons. The van der Waals surface area contributed by atoms with Crippen molar-refractivity contribution in [3.8, 4) is 23.0 Å². The summed E-state index contributed by atoms with van der Waals surface area (Å²) in [7, 11) is 0. The lowest BCUT2D eigenvalue weighted by molar-refractivity contribution is 0.461. The highest BCUT2D eigenvalue weighted by atomic mass is 16.5. The first-order valence-corrected chi connectivity index (χ1v) is 8.83. The Balaban J connectivity index is 1.81. The van der Waals surface area contributed by atoms with Crippen molar-refractivity contribution < 1.29 is 9.47 Å². The smallest absolute Gasteiger partial charge is 0.130 e. The number of para-hydroxylation sites is 2. The van der Waals surface area contributed by atoms with Crippen molar-refractivity contribution >= 4 is 0 Å². The van der Waals surface area contributed by atoms with E-state index in [4.69, 9.17) is 9.47 Å². The monoisotopic (exact) mass is 332 g/mol. The van der Waals surface area contributed by atoms with Gasteiger partial charge in [0.2, 0.25) is 0 Å². The molecule has 0 aliphatic heterocycles. The van der Waals surface area contributed by atoms with Crippen molar-refractivity contribution in [3.63, 3.8) is 0 Å². The van der Waals surface area contributed by atoms with Gasteiger partial charge in [-0.2, -0.15) is 0 Å². The molecule has 3 aromatic rings. The second-order valence-corrected chi connectivity index (χ2v) is 6.05. The number of ether oxygens (including phenoxy) is 2. The zero-order valence-corrected chi connectivity index (χ0v) is 15.1. The van der Waals surface area contributed by atoms with Crippen LogP contribution in [0.2, 0.25) is 0 Å². The molecule has 0 spiro atoms. The number of hydrogen-bond donors (Lipinski definition) is 0. The minimum atomic E-state index is 0.828. The SMILES string of the molecule is CCc1ccccc1Oc1ccc(Oc2ccccc2CC)c(C)c1. The van der Waals surface area contributed by atoms with E-state index >= 15 is 0 Å². The van der Waals surface area contributed by atoms with E-state index in [1.54, 1.807) is 0 Å². The summed E-state index contributed by atoms with van der Waals surface area (Å²) in [6.07, 6.45) is 1.90. The van der Waals surface area contributed by atoms with E-state index in [1.165, 1.54) is 11.1 Å². The van der Waals surface area contributed by atoms with Crippen LogP contribution in [0, 0.1) is 6.92 Å². The predicted molar refractivity (Wildman–Crippen MR) is 103 cm³/mol. The van der Waals surface area contributed by atoms with E-state index in [0.29, 0.717) is 0 Å². The highest BCUT2D eigenvalue weighted by Gasteiger charge is 2.08. The van der Waals surface area contributed by atoms with Crippen LogP contribution in [-0.4, -0.2) is 0 Å². The Labute approximate surface area is 150 Å². The first-order chi connectivity index (χ1) is 12.2. The van der Waals surface area contributed by atoms with E-state index in [0.717, 1.165) is 41.4 Å². The first-order valence-electron chi connectivity index (χ1n) is 8.83. The third-order valence-corrected chi connectivity index (χ3v) is 4.30. The van der Waals surface area contributed by atoms with Gasteiger partial charge in [-0.25, -0.2) is 0 Å². The summed E-state index contributed by atoms with van der Waals surface area (Å²) in [5.41, 5.74) is 3.47. The Morgan fingerprint density at radius 2 is 1.20 bits per heavy atom. The summed E-state index contributed by atoms with van der Waals surface area (Å²) in [5, 5.41) is 0. The zero-order valence-electron chi connectivity index (χ0n) is 15.1. The molecular weight excluding hydrogens is 308 g/mol. The average molecular weight is 332 g/mol. The topological polar surface area (TPSA) is 18.5 Å². The van der Waals surface area contributed by atoms with E-state index in [-0.39, 0.29) is 0 Å². The van der Waals surface area contributed by atoms with Crippen LogP contribution in [0.4, 0.5) is 0 Å². The summed E-state index contributed by atoms with van der Waals surface area (Å²) in [6.45, 7) is 6.31. The zero-order chi connectivity index (χ0) is 17.6. The van der Waals surface area contributed by atoms with Crippen molar-refractivity contribution in [1.29, 1.82) is 0 Å². The largest absolute Gasteiger partial charge is 0.457 e. The van der Waals surface area contributed by atoms with Crippen LogP contribution >= 0.6 is 0 Å². The lowest BCUT2D eigenvalue weighted by atomic mass is 10.1. The first kappa shape index (κ1) is 17.1. The van der Waals surface area contributed by atoms with Crippen LogP contribution in [0.25, 0.3) is 0 Å². The Kier molecular flexibility index (Phi) is 5.39. The van der Waals surface area contributed by atoms with Gasteiger partial charge in [-0.1, -0.05) is 50.2 Å². The Morgan fingerprint density at radius 3 is 1.76 bits per heavy atom. The molecule has 0 aliphatic rings. The standard InChI is InChI=1S/C23H24O2/c1-4-18-10-6-8-12-22(18)24-20-14-15-21(17(3)16-20)25-23-13-9-7-11-19(23)5-2/h6-16H,4-5H2,1-3H3. The number of rotatable bonds is 6. The Morgan fingerprint density at radius 1 is 0.640 bits per heavy atom. The highest BCUT2D eigenvalue weighted by Crippen LogP contribution is 2.32. The van der Waals surface area contributed by atoms with Crippen molar-refractivity contribution in [2.45, 2.75) is 33.6 Å². The van der Waals surface area contributed by atoms with Crippen LogP contribution in [0.3, 0.4) is 0 Å². The quantitative estimate of drug-likeness (QED) is 0.500. The fourth-order valence-corrected chi connectivity index (χ4v) is 2.84. The summed E-state index contributed by atoms with van der Waals surface area (Å²) in [6, 6.07) is 22.3. The van der Waals surface area contributed by atoms with E-state index in [2.05, 4.69) is 26.0 Å². The van der Waals surface area contributed by atoms with Crippen LogP contribution in [-0.2, 0) is 12.8 Å². The molecule has 0 bridgehead atoms. The Hall–Kier alpha value is -2.74. The molecule has 0 atom stereocenters. The van der Waals surface area contributed by atoms with Crippen molar-refractivity contribution in [2.24, 2.45) is 0 Å². The molecule has 0 amide bonds. The van der Waals surface area contributed by atoms with Crippen LogP contribution in [0.15, 0.2) is 66.7 Å². The van der Waals surface area contributed by atoms with Crippen LogP contribution in [0.1, 0.15) is 30.5 Å². The maximum absolute atomic E-state index is 6.13. The van der Waals surface area contributed by atoms with Gasteiger partial charge in [0, 0.05) is 0 Å². The van der Waals surface area contributed by atoms with Crippen molar-refractivity contribution in [1.82, 2.24) is 0 Å². The van der Waals surface area contributed by atoms with Gasteiger partial charge in [0.25, 0.3) is 0 Å². The molecule has 2 heteroatoms. The van der Waals surface area contributed by atoms with Gasteiger partial charge < -0.3 is 9.47 Å². The molecule has 0 N–H and O–H groups in total. The maximum Gasteiger partial charge on any atom is 0.130 e. The van der Waals surface area contributed by atoms with Gasteiger partial charge in [0.05, 0.1) is 0 Å². The summed E-state index contributed by atoms with van der Waals surface area (Å²) in [4.78, 5) is 0.